The van der Waals surface area contributed by atoms with E-state index in [1.54, 1.807) is 17.6 Å². The van der Waals surface area contributed by atoms with Gasteiger partial charge in [-0.15, -0.1) is 0 Å². The van der Waals surface area contributed by atoms with E-state index in [4.69, 9.17) is 0 Å². The van der Waals surface area contributed by atoms with E-state index in [-0.39, 0.29) is 41.1 Å². The maximum absolute atomic E-state index is 2.80. The van der Waals surface area contributed by atoms with Crippen molar-refractivity contribution in [1.29, 1.82) is 0 Å². The fourth-order valence-electron chi connectivity index (χ4n) is 7.01. The zero-order valence-electron chi connectivity index (χ0n) is 28.9. The quantitative estimate of drug-likeness (QED) is 0.252. The van der Waals surface area contributed by atoms with Gasteiger partial charge in [-0.25, -0.2) is 0 Å². The molecule has 1 unspecified atom stereocenters. The van der Waals surface area contributed by atoms with Crippen LogP contribution in [0, 0.1) is 5.41 Å². The summed E-state index contributed by atoms with van der Waals surface area (Å²) in [4.78, 5) is 0. The predicted octanol–water partition coefficient (Wildman–Crippen LogP) is 4.70. The van der Waals surface area contributed by atoms with Gasteiger partial charge in [-0.3, -0.25) is 0 Å². The summed E-state index contributed by atoms with van der Waals surface area (Å²) >= 11 is -2.80. The van der Waals surface area contributed by atoms with Crippen molar-refractivity contribution in [3.63, 3.8) is 0 Å². The van der Waals surface area contributed by atoms with Crippen LogP contribution in [0.1, 0.15) is 95.7 Å². The van der Waals surface area contributed by atoms with Crippen LogP contribution in [0.15, 0.2) is 115 Å². The van der Waals surface area contributed by atoms with Crippen molar-refractivity contribution in [3.05, 3.63) is 148 Å². The second kappa shape index (κ2) is 13.7. The third-order valence-electron chi connectivity index (χ3n) is 9.45. The maximum atomic E-state index is 2.66. The zero-order chi connectivity index (χ0) is 31.4. The minimum atomic E-state index is -2.80. The second-order valence-electron chi connectivity index (χ2n) is 15.8. The van der Waals surface area contributed by atoms with Gasteiger partial charge in [-0.05, 0) is 0 Å². The number of benzene rings is 4. The molecule has 1 atom stereocenters. The van der Waals surface area contributed by atoms with Gasteiger partial charge in [0.25, 0.3) is 0 Å². The van der Waals surface area contributed by atoms with E-state index in [2.05, 4.69) is 172 Å². The SMILES string of the molecule is CC(C)(C)C1=C[CH]([Zr+2](=[C](c2ccccc2)c2ccccc2)[c]2c(C(C)(C)C)ccc3c2Cc2cc(C(C)(C)C)ccc2-3)C=C1.[Cl-].[Cl-]. The van der Waals surface area contributed by atoms with Crippen LogP contribution in [-0.2, 0) is 38.5 Å². The topological polar surface area (TPSA) is 0 Å². The molecule has 46 heavy (non-hydrogen) atoms. The van der Waals surface area contributed by atoms with Gasteiger partial charge >= 0.3 is 276 Å². The maximum Gasteiger partial charge on any atom is -1.00 e. The number of halogens is 2. The van der Waals surface area contributed by atoms with E-state index < -0.39 is 21.3 Å². The van der Waals surface area contributed by atoms with E-state index >= 15 is 0 Å². The average molecular weight is 727 g/mol. The van der Waals surface area contributed by atoms with Crippen LogP contribution < -0.4 is 28.1 Å². The molecule has 2 aliphatic rings. The van der Waals surface area contributed by atoms with Crippen LogP contribution >= 0.6 is 0 Å². The number of hydrogen-bond donors (Lipinski definition) is 0. The normalized spacial score (nSPS) is 15.1. The summed E-state index contributed by atoms with van der Waals surface area (Å²) in [7, 11) is 0. The molecule has 0 saturated heterocycles. The molecule has 0 heterocycles. The molecule has 0 nitrogen and oxygen atoms in total. The van der Waals surface area contributed by atoms with E-state index in [1.165, 1.54) is 39.0 Å². The minimum Gasteiger partial charge on any atom is -1.00 e. The Morgan fingerprint density at radius 1 is 0.630 bits per heavy atom. The Bertz CT molecular complexity index is 1760. The summed E-state index contributed by atoms with van der Waals surface area (Å²) in [5, 5.41) is 0. The smallest absolute Gasteiger partial charge is 1.00 e. The van der Waals surface area contributed by atoms with Gasteiger partial charge in [0.2, 0.25) is 0 Å². The number of hydrogen-bond acceptors (Lipinski definition) is 0. The van der Waals surface area contributed by atoms with Crippen molar-refractivity contribution in [2.75, 3.05) is 0 Å². The third-order valence-corrected chi connectivity index (χ3v) is 17.4. The Morgan fingerprint density at radius 3 is 1.70 bits per heavy atom. The monoisotopic (exact) mass is 724 g/mol. The molecule has 238 valence electrons. The van der Waals surface area contributed by atoms with Gasteiger partial charge < -0.3 is 24.8 Å². The third kappa shape index (κ3) is 7.09. The van der Waals surface area contributed by atoms with Gasteiger partial charge in [-0.2, -0.15) is 0 Å². The molecule has 2 aliphatic carbocycles. The predicted molar refractivity (Wildman–Crippen MR) is 188 cm³/mol. The van der Waals surface area contributed by atoms with E-state index in [0.717, 1.165) is 6.42 Å². The van der Waals surface area contributed by atoms with Gasteiger partial charge in [0.15, 0.2) is 0 Å². The van der Waals surface area contributed by atoms with Crippen LogP contribution in [0.2, 0.25) is 3.63 Å². The largest absolute Gasteiger partial charge is 1.00 e. The summed E-state index contributed by atoms with van der Waals surface area (Å²) in [6, 6.07) is 34.9. The summed E-state index contributed by atoms with van der Waals surface area (Å²) in [6.45, 7) is 21.3. The molecule has 0 saturated carbocycles. The minimum absolute atomic E-state index is 0. The Hall–Kier alpha value is -2.31. The summed E-state index contributed by atoms with van der Waals surface area (Å²) in [5.41, 5.74) is 13.5. The number of rotatable bonds is 4. The molecule has 0 spiro atoms. The van der Waals surface area contributed by atoms with Gasteiger partial charge in [0, 0.05) is 0 Å². The van der Waals surface area contributed by atoms with Crippen LogP contribution in [0.4, 0.5) is 0 Å². The van der Waals surface area contributed by atoms with Crippen molar-refractivity contribution in [2.24, 2.45) is 5.41 Å². The van der Waals surface area contributed by atoms with E-state index in [9.17, 15) is 0 Å². The molecular formula is C43H48Cl2Zr. The van der Waals surface area contributed by atoms with Crippen molar-refractivity contribution >= 4 is 6.48 Å². The number of allylic oxidation sites excluding steroid dienone is 4. The van der Waals surface area contributed by atoms with Crippen LogP contribution in [0.5, 0.6) is 0 Å². The summed E-state index contributed by atoms with van der Waals surface area (Å²) < 4.78 is 3.78. The molecule has 0 radical (unpaired) electrons. The molecular weight excluding hydrogens is 679 g/mol. The molecule has 0 aliphatic heterocycles. The van der Waals surface area contributed by atoms with Crippen LogP contribution in [0.25, 0.3) is 11.1 Å². The van der Waals surface area contributed by atoms with Crippen LogP contribution in [0.3, 0.4) is 0 Å². The summed E-state index contributed by atoms with van der Waals surface area (Å²) in [6.07, 6.45) is 8.71. The first-order valence-electron chi connectivity index (χ1n) is 16.3. The van der Waals surface area contributed by atoms with Crippen molar-refractivity contribution in [1.82, 2.24) is 0 Å². The molecule has 4 aromatic rings. The van der Waals surface area contributed by atoms with E-state index in [0.29, 0.717) is 3.63 Å². The number of fused-ring (bicyclic) bond motifs is 3. The Morgan fingerprint density at radius 2 is 1.20 bits per heavy atom. The van der Waals surface area contributed by atoms with Crippen molar-refractivity contribution in [3.8, 4) is 11.1 Å². The Balaban J connectivity index is 0.00000240. The van der Waals surface area contributed by atoms with Crippen molar-refractivity contribution in [2.45, 2.75) is 83.2 Å². The van der Waals surface area contributed by atoms with Crippen LogP contribution in [-0.4, -0.2) is 3.21 Å². The van der Waals surface area contributed by atoms with E-state index in [1.807, 2.05) is 0 Å². The zero-order valence-corrected chi connectivity index (χ0v) is 32.9. The second-order valence-corrected chi connectivity index (χ2v) is 22.0. The standard InChI is InChI=1S/C21H25.C13H10.C9H13.2ClH.Zr/c1-20(2,3)16-7-9-18-14(12-16)11-15-13-17(21(4,5)6)8-10-19(15)18;1-3-7-12(8-4-1)11-13-9-5-2-6-10-13;1-9(2,3)8-6-4-5-7-8;;;/h7-10,12H,11H2,1-6H3;1-10H;4-7H,1-3H3;2*1H;/q;;;;;+2/p-2. The average Bonchev–Trinajstić information content (AvgIpc) is 3.61. The van der Waals surface area contributed by atoms with Gasteiger partial charge in [0.05, 0.1) is 0 Å². The Kier molecular flexibility index (Phi) is 10.9. The first-order chi connectivity index (χ1) is 20.7. The fraction of sp³-hybridized carbons (Fsp3) is 0.326. The van der Waals surface area contributed by atoms with Crippen molar-refractivity contribution < 1.29 is 46.1 Å². The fourth-order valence-corrected chi connectivity index (χ4v) is 16.4. The molecule has 0 amide bonds. The molecule has 6 rings (SSSR count). The molecule has 3 heteroatoms. The Labute approximate surface area is 298 Å². The first-order valence-corrected chi connectivity index (χ1v) is 20.2. The molecule has 0 bridgehead atoms. The summed E-state index contributed by atoms with van der Waals surface area (Å²) in [5.74, 6) is 0. The van der Waals surface area contributed by atoms with Gasteiger partial charge in [0.1, 0.15) is 0 Å². The first kappa shape index (κ1) is 36.5. The van der Waals surface area contributed by atoms with Gasteiger partial charge in [-0.1, -0.05) is 0 Å². The molecule has 0 aromatic heterocycles. The molecule has 0 fully saturated rings. The molecule has 0 N–H and O–H groups in total. The molecule has 4 aromatic carbocycles.